The SMILES string of the molecule is Cc1cccc(C)c1-n1nnnc1CN1CC(CO)OCC1C. The van der Waals surface area contributed by atoms with Gasteiger partial charge in [-0.3, -0.25) is 4.90 Å². The highest BCUT2D eigenvalue weighted by Gasteiger charge is 2.27. The molecule has 1 aromatic heterocycles. The third-order valence-corrected chi connectivity index (χ3v) is 4.37. The number of hydrogen-bond donors (Lipinski definition) is 1. The van der Waals surface area contributed by atoms with Gasteiger partial charge in [-0.1, -0.05) is 18.2 Å². The molecule has 0 aliphatic carbocycles. The van der Waals surface area contributed by atoms with Crippen LogP contribution in [0.1, 0.15) is 23.9 Å². The number of hydrogen-bond acceptors (Lipinski definition) is 6. The summed E-state index contributed by atoms with van der Waals surface area (Å²) in [6.45, 7) is 8.18. The number of aromatic nitrogens is 4. The van der Waals surface area contributed by atoms with Gasteiger partial charge in [0.2, 0.25) is 0 Å². The second-order valence-electron chi connectivity index (χ2n) is 6.16. The molecule has 1 N–H and O–H groups in total. The van der Waals surface area contributed by atoms with Crippen LogP contribution in [-0.2, 0) is 11.3 Å². The van der Waals surface area contributed by atoms with Crippen molar-refractivity contribution < 1.29 is 9.84 Å². The molecule has 3 rings (SSSR count). The van der Waals surface area contributed by atoms with Crippen molar-refractivity contribution in [2.75, 3.05) is 19.8 Å². The Morgan fingerprint density at radius 1 is 1.30 bits per heavy atom. The van der Waals surface area contributed by atoms with E-state index in [4.69, 9.17) is 4.74 Å². The summed E-state index contributed by atoms with van der Waals surface area (Å²) < 4.78 is 7.41. The minimum absolute atomic E-state index is 0.0328. The van der Waals surface area contributed by atoms with Crippen molar-refractivity contribution in [3.05, 3.63) is 35.2 Å². The second-order valence-corrected chi connectivity index (χ2v) is 6.16. The zero-order valence-corrected chi connectivity index (χ0v) is 13.8. The Bertz CT molecular complexity index is 652. The number of morpholine rings is 1. The molecule has 2 aromatic rings. The number of ether oxygens (including phenoxy) is 1. The van der Waals surface area contributed by atoms with Crippen LogP contribution in [0.3, 0.4) is 0 Å². The van der Waals surface area contributed by atoms with E-state index in [1.54, 1.807) is 0 Å². The summed E-state index contributed by atoms with van der Waals surface area (Å²) in [5.41, 5.74) is 3.32. The Kier molecular flexibility index (Phi) is 4.70. The van der Waals surface area contributed by atoms with Crippen molar-refractivity contribution >= 4 is 0 Å². The van der Waals surface area contributed by atoms with Crippen LogP contribution in [0.2, 0.25) is 0 Å². The fourth-order valence-corrected chi connectivity index (χ4v) is 3.01. The summed E-state index contributed by atoms with van der Waals surface area (Å²) in [5.74, 6) is 0.799. The van der Waals surface area contributed by atoms with E-state index < -0.39 is 0 Å². The van der Waals surface area contributed by atoms with E-state index in [0.29, 0.717) is 19.7 Å². The average molecular weight is 317 g/mol. The lowest BCUT2D eigenvalue weighted by Gasteiger charge is -2.36. The van der Waals surface area contributed by atoms with E-state index in [0.717, 1.165) is 22.6 Å². The number of nitrogens with zero attached hydrogens (tertiary/aromatic N) is 5. The van der Waals surface area contributed by atoms with Crippen LogP contribution < -0.4 is 0 Å². The Hall–Kier alpha value is -1.83. The maximum Gasteiger partial charge on any atom is 0.170 e. The summed E-state index contributed by atoms with van der Waals surface area (Å²) in [5, 5.41) is 21.6. The fraction of sp³-hybridized carbons (Fsp3) is 0.562. The van der Waals surface area contributed by atoms with Gasteiger partial charge in [-0.05, 0) is 42.3 Å². The predicted molar refractivity (Wildman–Crippen MR) is 85.3 cm³/mol. The second kappa shape index (κ2) is 6.74. The number of aryl methyl sites for hydroxylation is 2. The van der Waals surface area contributed by atoms with Gasteiger partial charge >= 0.3 is 0 Å². The third kappa shape index (κ3) is 3.26. The summed E-state index contributed by atoms with van der Waals surface area (Å²) in [6, 6.07) is 6.43. The number of aliphatic hydroxyl groups is 1. The average Bonchev–Trinajstić information content (AvgIpc) is 2.97. The molecule has 2 heterocycles. The molecule has 124 valence electrons. The molecular weight excluding hydrogens is 294 g/mol. The van der Waals surface area contributed by atoms with Gasteiger partial charge in [0.25, 0.3) is 0 Å². The Balaban J connectivity index is 1.87. The van der Waals surface area contributed by atoms with E-state index >= 15 is 0 Å². The number of tetrazole rings is 1. The molecule has 1 aliphatic rings. The minimum atomic E-state index is -0.143. The highest BCUT2D eigenvalue weighted by atomic mass is 16.5. The number of rotatable bonds is 4. The molecule has 7 nitrogen and oxygen atoms in total. The van der Waals surface area contributed by atoms with Gasteiger partial charge in [0.15, 0.2) is 5.82 Å². The van der Waals surface area contributed by atoms with Crippen LogP contribution >= 0.6 is 0 Å². The van der Waals surface area contributed by atoms with Crippen LogP contribution in [0.25, 0.3) is 5.69 Å². The molecule has 2 unspecified atom stereocenters. The van der Waals surface area contributed by atoms with Crippen molar-refractivity contribution in [3.63, 3.8) is 0 Å². The largest absolute Gasteiger partial charge is 0.394 e. The normalized spacial score (nSPS) is 22.4. The molecule has 0 bridgehead atoms. The van der Waals surface area contributed by atoms with E-state index in [1.807, 2.05) is 10.7 Å². The van der Waals surface area contributed by atoms with Crippen molar-refractivity contribution in [1.29, 1.82) is 0 Å². The van der Waals surface area contributed by atoms with E-state index in [2.05, 4.69) is 53.3 Å². The molecule has 1 fully saturated rings. The quantitative estimate of drug-likeness (QED) is 0.901. The molecule has 2 atom stereocenters. The van der Waals surface area contributed by atoms with Crippen LogP contribution in [0.5, 0.6) is 0 Å². The highest BCUT2D eigenvalue weighted by molar-refractivity contribution is 5.46. The summed E-state index contributed by atoms with van der Waals surface area (Å²) >= 11 is 0. The zero-order chi connectivity index (χ0) is 16.4. The molecule has 1 aromatic carbocycles. The number of benzene rings is 1. The maximum absolute atomic E-state index is 9.33. The molecule has 0 amide bonds. The Morgan fingerprint density at radius 3 is 2.74 bits per heavy atom. The first-order valence-corrected chi connectivity index (χ1v) is 7.90. The van der Waals surface area contributed by atoms with Crippen molar-refractivity contribution in [2.45, 2.75) is 39.5 Å². The monoisotopic (exact) mass is 317 g/mol. The van der Waals surface area contributed by atoms with Crippen LogP contribution in [0, 0.1) is 13.8 Å². The van der Waals surface area contributed by atoms with Crippen molar-refractivity contribution in [2.24, 2.45) is 0 Å². The first-order valence-electron chi connectivity index (χ1n) is 7.90. The van der Waals surface area contributed by atoms with E-state index in [1.165, 1.54) is 0 Å². The van der Waals surface area contributed by atoms with Crippen LogP contribution in [0.15, 0.2) is 18.2 Å². The molecule has 7 heteroatoms. The zero-order valence-electron chi connectivity index (χ0n) is 13.8. The highest BCUT2D eigenvalue weighted by Crippen LogP contribution is 2.20. The van der Waals surface area contributed by atoms with Gasteiger partial charge < -0.3 is 9.84 Å². The van der Waals surface area contributed by atoms with Gasteiger partial charge in [0.05, 0.1) is 31.5 Å². The first kappa shape index (κ1) is 16.0. The summed E-state index contributed by atoms with van der Waals surface area (Å²) in [6.07, 6.45) is -0.143. The third-order valence-electron chi connectivity index (χ3n) is 4.37. The topological polar surface area (TPSA) is 76.3 Å². The molecule has 0 saturated carbocycles. The van der Waals surface area contributed by atoms with Gasteiger partial charge in [0.1, 0.15) is 0 Å². The summed E-state index contributed by atoms with van der Waals surface area (Å²) in [4.78, 5) is 2.25. The molecule has 0 radical (unpaired) electrons. The number of para-hydroxylation sites is 1. The van der Waals surface area contributed by atoms with Gasteiger partial charge in [0, 0.05) is 12.6 Å². The molecule has 1 saturated heterocycles. The van der Waals surface area contributed by atoms with E-state index in [9.17, 15) is 5.11 Å². The molecule has 1 aliphatic heterocycles. The minimum Gasteiger partial charge on any atom is -0.394 e. The fourth-order valence-electron chi connectivity index (χ4n) is 3.01. The first-order chi connectivity index (χ1) is 11.1. The summed E-state index contributed by atoms with van der Waals surface area (Å²) in [7, 11) is 0. The van der Waals surface area contributed by atoms with Gasteiger partial charge in [-0.25, -0.2) is 0 Å². The maximum atomic E-state index is 9.33. The Morgan fingerprint density at radius 2 is 2.04 bits per heavy atom. The van der Waals surface area contributed by atoms with Gasteiger partial charge in [-0.2, -0.15) is 4.68 Å². The molecule has 23 heavy (non-hydrogen) atoms. The Labute approximate surface area is 135 Å². The standard InChI is InChI=1S/C16H23N5O2/c1-11-5-4-6-12(2)16(11)21-15(17-18-19-21)8-20-7-14(9-22)23-10-13(20)3/h4-6,13-14,22H,7-10H2,1-3H3. The molecular formula is C16H23N5O2. The lowest BCUT2D eigenvalue weighted by molar-refractivity contribution is -0.0813. The number of aliphatic hydroxyl groups excluding tert-OH is 1. The van der Waals surface area contributed by atoms with Crippen LogP contribution in [-0.4, -0.2) is 62.1 Å². The lowest BCUT2D eigenvalue weighted by atomic mass is 10.1. The van der Waals surface area contributed by atoms with Crippen LogP contribution in [0.4, 0.5) is 0 Å². The lowest BCUT2D eigenvalue weighted by Crippen LogP contribution is -2.49. The van der Waals surface area contributed by atoms with Gasteiger partial charge in [-0.15, -0.1) is 5.10 Å². The van der Waals surface area contributed by atoms with Crippen molar-refractivity contribution in [1.82, 2.24) is 25.1 Å². The smallest absolute Gasteiger partial charge is 0.170 e. The predicted octanol–water partition coefficient (Wildman–Crippen LogP) is 0.861. The van der Waals surface area contributed by atoms with E-state index in [-0.39, 0.29) is 18.8 Å². The van der Waals surface area contributed by atoms with Crippen molar-refractivity contribution in [3.8, 4) is 5.69 Å². The molecule has 0 spiro atoms.